The van der Waals surface area contributed by atoms with Crippen LogP contribution in [0.1, 0.15) is 66.4 Å². The molecule has 0 radical (unpaired) electrons. The summed E-state index contributed by atoms with van der Waals surface area (Å²) in [4.78, 5) is 0. The first-order valence-corrected chi connectivity index (χ1v) is 7.89. The van der Waals surface area contributed by atoms with Gasteiger partial charge in [0.05, 0.1) is 0 Å². The molecule has 1 aromatic carbocycles. The van der Waals surface area contributed by atoms with Gasteiger partial charge in [-0.15, -0.1) is 0 Å². The molecule has 1 aromatic rings. The van der Waals surface area contributed by atoms with Crippen LogP contribution in [0.4, 0.5) is 0 Å². The third kappa shape index (κ3) is 3.85. The Morgan fingerprint density at radius 3 is 1.85 bits per heavy atom. The summed E-state index contributed by atoms with van der Waals surface area (Å²) in [5.41, 5.74) is 8.13. The molecule has 0 aromatic heterocycles. The minimum atomic E-state index is 0.0908. The van der Waals surface area contributed by atoms with Crippen LogP contribution in [0.15, 0.2) is 30.3 Å². The van der Waals surface area contributed by atoms with E-state index >= 15 is 0 Å². The molecule has 0 spiro atoms. The summed E-state index contributed by atoms with van der Waals surface area (Å²) in [6.07, 6.45) is 1.17. The normalized spacial score (nSPS) is 16.2. The molecule has 0 aliphatic heterocycles. The van der Waals surface area contributed by atoms with E-state index in [9.17, 15) is 0 Å². The van der Waals surface area contributed by atoms with Crippen molar-refractivity contribution in [3.8, 4) is 0 Å². The highest BCUT2D eigenvalue weighted by molar-refractivity contribution is 5.23. The molecule has 0 saturated heterocycles. The molecule has 1 nitrogen and oxygen atoms in total. The summed E-state index contributed by atoms with van der Waals surface area (Å²) in [7, 11) is 0. The lowest BCUT2D eigenvalue weighted by Crippen LogP contribution is -2.41. The topological polar surface area (TPSA) is 26.0 Å². The van der Waals surface area contributed by atoms with Crippen molar-refractivity contribution in [2.75, 3.05) is 0 Å². The van der Waals surface area contributed by atoms with Crippen LogP contribution in [-0.4, -0.2) is 6.04 Å². The van der Waals surface area contributed by atoms with E-state index in [-0.39, 0.29) is 11.5 Å². The zero-order valence-electron chi connectivity index (χ0n) is 14.4. The quantitative estimate of drug-likeness (QED) is 0.757. The maximum absolute atomic E-state index is 6.30. The molecular weight excluding hydrogens is 242 g/mol. The third-order valence-corrected chi connectivity index (χ3v) is 5.57. The monoisotopic (exact) mass is 275 g/mol. The minimum Gasteiger partial charge on any atom is -0.327 e. The lowest BCUT2D eigenvalue weighted by molar-refractivity contribution is 0.138. The van der Waals surface area contributed by atoms with Crippen LogP contribution in [0, 0.1) is 16.7 Å². The van der Waals surface area contributed by atoms with Gasteiger partial charge in [0.15, 0.2) is 0 Å². The maximum atomic E-state index is 6.30. The largest absolute Gasteiger partial charge is 0.327 e. The zero-order valence-corrected chi connectivity index (χ0v) is 14.4. The average molecular weight is 275 g/mol. The smallest absolute Gasteiger partial charge is 0.00675 e. The Labute approximate surface area is 126 Å². The predicted molar refractivity (Wildman–Crippen MR) is 89.8 cm³/mol. The first-order valence-electron chi connectivity index (χ1n) is 7.89. The van der Waals surface area contributed by atoms with Gasteiger partial charge in [-0.05, 0) is 41.6 Å². The second-order valence-corrected chi connectivity index (χ2v) is 7.92. The molecule has 0 saturated carbocycles. The van der Waals surface area contributed by atoms with Crippen molar-refractivity contribution >= 4 is 0 Å². The summed E-state index contributed by atoms with van der Waals surface area (Å²) in [5.74, 6) is 1.15. The van der Waals surface area contributed by atoms with E-state index in [1.54, 1.807) is 0 Å². The molecule has 2 atom stereocenters. The van der Waals surface area contributed by atoms with Crippen molar-refractivity contribution in [3.63, 3.8) is 0 Å². The molecule has 0 heterocycles. The van der Waals surface area contributed by atoms with Gasteiger partial charge in [-0.25, -0.2) is 0 Å². The Balaban J connectivity index is 3.16. The number of rotatable bonds is 6. The van der Waals surface area contributed by atoms with Crippen LogP contribution in [0.5, 0.6) is 0 Å². The van der Waals surface area contributed by atoms with E-state index in [1.807, 2.05) is 0 Å². The molecule has 1 rings (SSSR count). The van der Waals surface area contributed by atoms with Gasteiger partial charge < -0.3 is 5.73 Å². The molecule has 20 heavy (non-hydrogen) atoms. The van der Waals surface area contributed by atoms with Crippen molar-refractivity contribution in [1.82, 2.24) is 0 Å². The van der Waals surface area contributed by atoms with Crippen LogP contribution >= 0.6 is 0 Å². The Morgan fingerprint density at radius 1 is 0.950 bits per heavy atom. The molecule has 2 unspecified atom stereocenters. The van der Waals surface area contributed by atoms with Crippen molar-refractivity contribution < 1.29 is 0 Å². The number of benzene rings is 1. The van der Waals surface area contributed by atoms with E-state index < -0.39 is 0 Å². The average Bonchev–Trinajstić information content (AvgIpc) is 2.36. The second-order valence-electron chi connectivity index (χ2n) is 7.92. The molecule has 0 amide bonds. The van der Waals surface area contributed by atoms with Gasteiger partial charge in [-0.1, -0.05) is 71.9 Å². The van der Waals surface area contributed by atoms with Crippen LogP contribution in [0.2, 0.25) is 0 Å². The Kier molecular flexibility index (Phi) is 5.43. The summed E-state index contributed by atoms with van der Waals surface area (Å²) in [6, 6.07) is 11.1. The summed E-state index contributed by atoms with van der Waals surface area (Å²) < 4.78 is 0. The first kappa shape index (κ1) is 17.2. The fraction of sp³-hybridized carbons (Fsp3) is 0.684. The van der Waals surface area contributed by atoms with Gasteiger partial charge in [0.2, 0.25) is 0 Å². The van der Waals surface area contributed by atoms with E-state index in [0.29, 0.717) is 17.3 Å². The first-order chi connectivity index (χ1) is 9.09. The molecule has 0 fully saturated rings. The van der Waals surface area contributed by atoms with Crippen LogP contribution in [0.25, 0.3) is 0 Å². The van der Waals surface area contributed by atoms with Gasteiger partial charge in [0, 0.05) is 6.04 Å². The fourth-order valence-corrected chi connectivity index (χ4v) is 2.57. The Bertz CT molecular complexity index is 401. The van der Waals surface area contributed by atoms with Crippen LogP contribution in [-0.2, 0) is 0 Å². The van der Waals surface area contributed by atoms with Gasteiger partial charge in [0.25, 0.3) is 0 Å². The maximum Gasteiger partial charge on any atom is 0.00675 e. The molecule has 0 bridgehead atoms. The van der Waals surface area contributed by atoms with Gasteiger partial charge >= 0.3 is 0 Å². The SMILES string of the molecule is CC(C)C(C)(C)CC(c1ccccc1)C(C)(C)C(C)N. The van der Waals surface area contributed by atoms with E-state index in [0.717, 1.165) is 0 Å². The van der Waals surface area contributed by atoms with E-state index in [1.165, 1.54) is 12.0 Å². The molecular formula is C19H33N. The predicted octanol–water partition coefficient (Wildman–Crippen LogP) is 5.22. The minimum absolute atomic E-state index is 0.0908. The molecule has 0 aliphatic rings. The summed E-state index contributed by atoms with van der Waals surface area (Å²) in [5, 5.41) is 0. The number of nitrogens with two attached hydrogens (primary N) is 1. The molecule has 1 heteroatoms. The van der Waals surface area contributed by atoms with Gasteiger partial charge in [0.1, 0.15) is 0 Å². The third-order valence-electron chi connectivity index (χ3n) is 5.57. The highest BCUT2D eigenvalue weighted by Gasteiger charge is 2.38. The standard InChI is InChI=1S/C19H33N/c1-14(2)18(4,5)13-17(19(6,7)15(3)20)16-11-9-8-10-12-16/h8-12,14-15,17H,13,20H2,1-7H3. The van der Waals surface area contributed by atoms with Crippen LogP contribution in [0.3, 0.4) is 0 Å². The van der Waals surface area contributed by atoms with Crippen molar-refractivity contribution in [2.45, 2.75) is 66.8 Å². The number of hydrogen-bond acceptors (Lipinski definition) is 1. The Hall–Kier alpha value is -0.820. The number of hydrogen-bond donors (Lipinski definition) is 1. The summed E-state index contributed by atoms with van der Waals surface area (Å²) >= 11 is 0. The van der Waals surface area contributed by atoms with Crippen molar-refractivity contribution in [1.29, 1.82) is 0 Å². The molecule has 2 N–H and O–H groups in total. The van der Waals surface area contributed by atoms with Crippen LogP contribution < -0.4 is 5.73 Å². The zero-order chi connectivity index (χ0) is 15.6. The Morgan fingerprint density at radius 2 is 1.45 bits per heavy atom. The lowest BCUT2D eigenvalue weighted by Gasteiger charge is -2.43. The van der Waals surface area contributed by atoms with E-state index in [4.69, 9.17) is 5.73 Å². The van der Waals surface area contributed by atoms with Gasteiger partial charge in [-0.3, -0.25) is 0 Å². The lowest BCUT2D eigenvalue weighted by atomic mass is 9.63. The molecule has 0 aliphatic carbocycles. The van der Waals surface area contributed by atoms with Crippen molar-refractivity contribution in [3.05, 3.63) is 35.9 Å². The highest BCUT2D eigenvalue weighted by Crippen LogP contribution is 2.47. The van der Waals surface area contributed by atoms with Crippen molar-refractivity contribution in [2.24, 2.45) is 22.5 Å². The highest BCUT2D eigenvalue weighted by atomic mass is 14.7. The van der Waals surface area contributed by atoms with E-state index in [2.05, 4.69) is 78.8 Å². The molecule has 114 valence electrons. The van der Waals surface area contributed by atoms with Gasteiger partial charge in [-0.2, -0.15) is 0 Å². The second kappa shape index (κ2) is 6.30. The summed E-state index contributed by atoms with van der Waals surface area (Å²) in [6.45, 7) is 16.2. The fourth-order valence-electron chi connectivity index (χ4n) is 2.57.